The molecule has 2 saturated heterocycles. The fourth-order valence-electron chi connectivity index (χ4n) is 3.66. The summed E-state index contributed by atoms with van der Waals surface area (Å²) in [6.45, 7) is 1.95. The number of aromatic nitrogens is 2. The van der Waals surface area contributed by atoms with Gasteiger partial charge >= 0.3 is 10.2 Å². The topological polar surface area (TPSA) is 85.5 Å². The van der Waals surface area contributed by atoms with Crippen LogP contribution in [0.5, 0.6) is 0 Å². The Labute approximate surface area is 153 Å². The Kier molecular flexibility index (Phi) is 4.09. The van der Waals surface area contributed by atoms with E-state index in [1.807, 2.05) is 37.5 Å². The molecule has 1 atom stereocenters. The van der Waals surface area contributed by atoms with Crippen molar-refractivity contribution in [2.75, 3.05) is 30.5 Å². The van der Waals surface area contributed by atoms with Gasteiger partial charge in [-0.05, 0) is 24.1 Å². The molecule has 8 nitrogen and oxygen atoms in total. The lowest BCUT2D eigenvalue weighted by molar-refractivity contribution is 0.345. The molecule has 0 aliphatic carbocycles. The molecule has 9 heteroatoms. The zero-order chi connectivity index (χ0) is 18.3. The third kappa shape index (κ3) is 2.81. The van der Waals surface area contributed by atoms with E-state index in [4.69, 9.17) is 5.26 Å². The highest BCUT2D eigenvalue weighted by molar-refractivity contribution is 7.90. The zero-order valence-electron chi connectivity index (χ0n) is 14.5. The second kappa shape index (κ2) is 6.30. The monoisotopic (exact) mass is 372 g/mol. The lowest BCUT2D eigenvalue weighted by Crippen LogP contribution is -2.41. The van der Waals surface area contributed by atoms with Crippen LogP contribution in [0.2, 0.25) is 0 Å². The number of nitriles is 1. The van der Waals surface area contributed by atoms with Gasteiger partial charge in [-0.25, -0.2) is 0 Å². The summed E-state index contributed by atoms with van der Waals surface area (Å²) in [5.74, 6) is 0. The lowest BCUT2D eigenvalue weighted by atomic mass is 10.1. The minimum absolute atomic E-state index is 0.133. The van der Waals surface area contributed by atoms with Crippen molar-refractivity contribution < 1.29 is 8.42 Å². The number of anilines is 1. The van der Waals surface area contributed by atoms with Crippen molar-refractivity contribution in [2.45, 2.75) is 12.5 Å². The number of rotatable bonds is 3. The smallest absolute Gasteiger partial charge is 0.304 e. The molecule has 0 saturated carbocycles. The van der Waals surface area contributed by atoms with Gasteiger partial charge in [0.05, 0.1) is 11.9 Å². The molecular formula is C17H20N6O2S. The number of nitrogens with zero attached hydrogens (tertiary/aromatic N) is 6. The van der Waals surface area contributed by atoms with Gasteiger partial charge in [-0.15, -0.1) is 0 Å². The van der Waals surface area contributed by atoms with Crippen molar-refractivity contribution in [1.82, 2.24) is 19.0 Å². The quantitative estimate of drug-likeness (QED) is 0.751. The molecule has 0 bridgehead atoms. The molecule has 1 aromatic carbocycles. The molecule has 2 fully saturated rings. The van der Waals surface area contributed by atoms with Crippen LogP contribution in [0.3, 0.4) is 0 Å². The summed E-state index contributed by atoms with van der Waals surface area (Å²) in [5.41, 5.74) is 2.54. The van der Waals surface area contributed by atoms with Gasteiger partial charge in [0.25, 0.3) is 0 Å². The SMILES string of the molecule is Cn1cc(-c2cccc(N3CCN([C@@H]4CCN(C#N)C4)S3(=O)=O)c2)cn1. The van der Waals surface area contributed by atoms with Gasteiger partial charge in [-0.2, -0.15) is 23.1 Å². The van der Waals surface area contributed by atoms with Crippen molar-refractivity contribution in [2.24, 2.45) is 7.05 Å². The molecule has 0 N–H and O–H groups in total. The van der Waals surface area contributed by atoms with Crippen LogP contribution in [0.25, 0.3) is 11.1 Å². The van der Waals surface area contributed by atoms with Crippen LogP contribution in [0.15, 0.2) is 36.7 Å². The molecule has 2 aliphatic rings. The van der Waals surface area contributed by atoms with Gasteiger partial charge < -0.3 is 4.90 Å². The van der Waals surface area contributed by atoms with E-state index >= 15 is 0 Å². The minimum atomic E-state index is -3.58. The molecule has 1 aromatic heterocycles. The van der Waals surface area contributed by atoms with E-state index in [0.29, 0.717) is 38.3 Å². The van der Waals surface area contributed by atoms with E-state index in [0.717, 1.165) is 11.1 Å². The van der Waals surface area contributed by atoms with E-state index in [9.17, 15) is 8.42 Å². The molecule has 3 heterocycles. The van der Waals surface area contributed by atoms with Crippen molar-refractivity contribution >= 4 is 15.9 Å². The summed E-state index contributed by atoms with van der Waals surface area (Å²) < 4.78 is 30.8. The van der Waals surface area contributed by atoms with Gasteiger partial charge in [0, 0.05) is 51.0 Å². The molecule has 136 valence electrons. The van der Waals surface area contributed by atoms with Gasteiger partial charge in [0.15, 0.2) is 6.19 Å². The predicted octanol–water partition coefficient (Wildman–Crippen LogP) is 1.01. The first-order valence-electron chi connectivity index (χ1n) is 8.52. The van der Waals surface area contributed by atoms with E-state index < -0.39 is 10.2 Å². The maximum atomic E-state index is 13.1. The number of likely N-dealkylation sites (tertiary alicyclic amines) is 1. The normalized spacial score (nSPS) is 22.7. The van der Waals surface area contributed by atoms with E-state index in [1.54, 1.807) is 20.1 Å². The summed E-state index contributed by atoms with van der Waals surface area (Å²) in [6, 6.07) is 7.38. The Bertz CT molecular complexity index is 964. The highest BCUT2D eigenvalue weighted by Crippen LogP contribution is 2.31. The Morgan fingerprint density at radius 1 is 1.23 bits per heavy atom. The van der Waals surface area contributed by atoms with Crippen LogP contribution in [-0.2, 0) is 17.3 Å². The highest BCUT2D eigenvalue weighted by atomic mass is 32.2. The average Bonchev–Trinajstić information content (AvgIpc) is 3.33. The zero-order valence-corrected chi connectivity index (χ0v) is 15.3. The van der Waals surface area contributed by atoms with E-state index in [1.165, 1.54) is 4.31 Å². The molecule has 0 radical (unpaired) electrons. The van der Waals surface area contributed by atoms with Gasteiger partial charge in [-0.1, -0.05) is 12.1 Å². The van der Waals surface area contributed by atoms with Gasteiger partial charge in [-0.3, -0.25) is 8.99 Å². The Balaban J connectivity index is 1.60. The van der Waals surface area contributed by atoms with Crippen LogP contribution in [0.4, 0.5) is 5.69 Å². The van der Waals surface area contributed by atoms with Crippen LogP contribution in [0.1, 0.15) is 6.42 Å². The molecule has 2 aliphatic heterocycles. The number of aryl methyl sites for hydroxylation is 1. The average molecular weight is 372 g/mol. The summed E-state index contributed by atoms with van der Waals surface area (Å²) in [5, 5.41) is 13.2. The second-order valence-electron chi connectivity index (χ2n) is 6.63. The molecule has 2 aromatic rings. The summed E-state index contributed by atoms with van der Waals surface area (Å²) >= 11 is 0. The first-order chi connectivity index (χ1) is 12.5. The Morgan fingerprint density at radius 2 is 2.08 bits per heavy atom. The Morgan fingerprint density at radius 3 is 2.77 bits per heavy atom. The fourth-order valence-corrected chi connectivity index (χ4v) is 5.47. The fraction of sp³-hybridized carbons (Fsp3) is 0.412. The molecule has 4 rings (SSSR count). The van der Waals surface area contributed by atoms with Crippen LogP contribution in [0, 0.1) is 11.5 Å². The van der Waals surface area contributed by atoms with Crippen molar-refractivity contribution in [3.63, 3.8) is 0 Å². The van der Waals surface area contributed by atoms with Crippen molar-refractivity contribution in [3.05, 3.63) is 36.7 Å². The number of benzene rings is 1. The molecule has 0 amide bonds. The van der Waals surface area contributed by atoms with E-state index in [2.05, 4.69) is 11.3 Å². The Hall–Kier alpha value is -2.57. The largest absolute Gasteiger partial charge is 0.309 e. The molecule has 0 unspecified atom stereocenters. The second-order valence-corrected chi connectivity index (χ2v) is 8.44. The highest BCUT2D eigenvalue weighted by Gasteiger charge is 2.43. The third-order valence-corrected chi connectivity index (χ3v) is 7.01. The summed E-state index contributed by atoms with van der Waals surface area (Å²) in [6.07, 6.45) is 6.46. The molecule has 26 heavy (non-hydrogen) atoms. The minimum Gasteiger partial charge on any atom is -0.309 e. The van der Waals surface area contributed by atoms with Crippen LogP contribution >= 0.6 is 0 Å². The maximum Gasteiger partial charge on any atom is 0.304 e. The lowest BCUT2D eigenvalue weighted by Gasteiger charge is -2.24. The first kappa shape index (κ1) is 16.9. The first-order valence-corrected chi connectivity index (χ1v) is 9.92. The van der Waals surface area contributed by atoms with E-state index in [-0.39, 0.29) is 6.04 Å². The molecular weight excluding hydrogens is 352 g/mol. The third-order valence-electron chi connectivity index (χ3n) is 4.98. The number of hydrogen-bond acceptors (Lipinski definition) is 5. The van der Waals surface area contributed by atoms with Crippen LogP contribution < -0.4 is 4.31 Å². The number of hydrogen-bond donors (Lipinski definition) is 0. The van der Waals surface area contributed by atoms with Gasteiger partial charge in [0.1, 0.15) is 0 Å². The van der Waals surface area contributed by atoms with Gasteiger partial charge in [0.2, 0.25) is 0 Å². The standard InChI is InChI=1S/C17H20N6O2S/c1-20-11-15(10-19-20)14-3-2-4-16(9-14)22-7-8-23(26(22,24)25)17-5-6-21(12-17)13-18/h2-4,9-11,17H,5-8,12H2,1H3/t17-/m1/s1. The maximum absolute atomic E-state index is 13.1. The predicted molar refractivity (Wildman–Crippen MR) is 97.2 cm³/mol. The van der Waals surface area contributed by atoms with Crippen LogP contribution in [-0.4, -0.2) is 59.6 Å². The molecule has 0 spiro atoms. The van der Waals surface area contributed by atoms with Crippen molar-refractivity contribution in [1.29, 1.82) is 5.26 Å². The van der Waals surface area contributed by atoms with Crippen molar-refractivity contribution in [3.8, 4) is 17.3 Å². The summed E-state index contributed by atoms with van der Waals surface area (Å²) in [7, 11) is -1.73. The summed E-state index contributed by atoms with van der Waals surface area (Å²) in [4.78, 5) is 1.62.